The molecule has 0 rings (SSSR count). The molecule has 0 amide bonds. The Morgan fingerprint density at radius 1 is 1.56 bits per heavy atom. The van der Waals surface area contributed by atoms with Gasteiger partial charge in [0.1, 0.15) is 0 Å². The molecule has 0 aromatic carbocycles. The van der Waals surface area contributed by atoms with Crippen LogP contribution in [0.3, 0.4) is 0 Å². The topological polar surface area (TPSA) is 61.4 Å². The van der Waals surface area contributed by atoms with Gasteiger partial charge in [-0.3, -0.25) is 4.57 Å². The van der Waals surface area contributed by atoms with E-state index in [0.29, 0.717) is 6.54 Å². The molecule has 0 aromatic heterocycles. The van der Waals surface area contributed by atoms with E-state index in [0.717, 1.165) is 13.1 Å². The van der Waals surface area contributed by atoms with E-state index in [-0.39, 0.29) is 0 Å². The molecule has 3 N–H and O–H groups in total. The van der Waals surface area contributed by atoms with Gasteiger partial charge in [0.25, 0.3) is 8.18 Å². The van der Waals surface area contributed by atoms with E-state index in [9.17, 15) is 4.57 Å². The summed E-state index contributed by atoms with van der Waals surface area (Å²) in [5, 5.41) is 5.43. The van der Waals surface area contributed by atoms with Gasteiger partial charge in [-0.15, -0.1) is 0 Å². The average Bonchev–Trinajstić information content (AvgIpc) is 1.80. The lowest BCUT2D eigenvalue weighted by molar-refractivity contribution is 0.488. The Labute approximate surface area is 55.6 Å². The fourth-order valence-corrected chi connectivity index (χ4v) is 0.773. The minimum Gasteiger partial charge on any atom is -0.335 e. The maximum atomic E-state index is 10.0. The maximum Gasteiger partial charge on any atom is 0.255 e. The first-order chi connectivity index (χ1) is 4.27. The molecule has 0 aromatic rings. The molecule has 4 nitrogen and oxygen atoms in total. The second-order valence-corrected chi connectivity index (χ2v) is 2.55. The molecule has 0 radical (unpaired) electrons. The van der Waals surface area contributed by atoms with Gasteiger partial charge in [0.2, 0.25) is 0 Å². The summed E-state index contributed by atoms with van der Waals surface area (Å²) in [6.45, 7) is 4.19. The highest BCUT2D eigenvalue weighted by Crippen LogP contribution is 2.01. The van der Waals surface area contributed by atoms with Gasteiger partial charge in [-0.1, -0.05) is 6.92 Å². The normalized spacial score (nSPS) is 13.6. The van der Waals surface area contributed by atoms with Crippen LogP contribution in [-0.2, 0) is 4.57 Å². The number of nitrogens with one attached hydrogen (secondary N) is 2. The summed E-state index contributed by atoms with van der Waals surface area (Å²) in [4.78, 5) is 8.26. The van der Waals surface area contributed by atoms with Crippen LogP contribution in [0.5, 0.6) is 0 Å². The summed E-state index contributed by atoms with van der Waals surface area (Å²) in [5.41, 5.74) is 0. The van der Waals surface area contributed by atoms with Crippen molar-refractivity contribution in [1.29, 1.82) is 0 Å². The highest BCUT2D eigenvalue weighted by atomic mass is 31.1. The molecule has 0 bridgehead atoms. The first-order valence-corrected chi connectivity index (χ1v) is 4.30. The Bertz CT molecular complexity index is 88.6. The molecule has 0 aliphatic rings. The van der Waals surface area contributed by atoms with Crippen LogP contribution in [0.2, 0.25) is 0 Å². The first kappa shape index (κ1) is 9.11. The summed E-state index contributed by atoms with van der Waals surface area (Å²) >= 11 is 0. The lowest BCUT2D eigenvalue weighted by atomic mass is 10.6. The second kappa shape index (κ2) is 6.23. The Hall–Kier alpha value is 0.110. The molecule has 1 atom stereocenters. The molecule has 9 heavy (non-hydrogen) atoms. The van der Waals surface area contributed by atoms with Crippen LogP contribution in [0, 0.1) is 0 Å². The van der Waals surface area contributed by atoms with Crippen molar-refractivity contribution in [2.45, 2.75) is 6.92 Å². The third kappa shape index (κ3) is 8.11. The van der Waals surface area contributed by atoms with Crippen LogP contribution in [0.4, 0.5) is 0 Å². The van der Waals surface area contributed by atoms with Crippen molar-refractivity contribution in [2.24, 2.45) is 0 Å². The van der Waals surface area contributed by atoms with E-state index in [1.54, 1.807) is 0 Å². The van der Waals surface area contributed by atoms with Crippen LogP contribution in [0.1, 0.15) is 6.92 Å². The van der Waals surface area contributed by atoms with E-state index < -0.39 is 8.18 Å². The van der Waals surface area contributed by atoms with Crippen molar-refractivity contribution >= 4 is 8.18 Å². The van der Waals surface area contributed by atoms with Crippen LogP contribution < -0.4 is 10.4 Å². The Balaban J connectivity index is 2.83. The summed E-state index contributed by atoms with van der Waals surface area (Å²) in [7, 11) is -2.46. The highest BCUT2D eigenvalue weighted by Gasteiger charge is 1.87. The lowest BCUT2D eigenvalue weighted by Crippen LogP contribution is -2.23. The monoisotopic (exact) mass is 152 g/mol. The molecular formula is C4H13N2O2P. The Morgan fingerprint density at radius 3 is 2.67 bits per heavy atom. The molecule has 56 valence electrons. The summed E-state index contributed by atoms with van der Waals surface area (Å²) in [6, 6.07) is 0. The van der Waals surface area contributed by atoms with Crippen LogP contribution in [0.25, 0.3) is 0 Å². The number of rotatable bonds is 5. The SMILES string of the molecule is CCNCCN[PH](=O)O. The Morgan fingerprint density at radius 2 is 2.22 bits per heavy atom. The van der Waals surface area contributed by atoms with Crippen LogP contribution in [-0.4, -0.2) is 24.5 Å². The minimum absolute atomic E-state index is 0.558. The van der Waals surface area contributed by atoms with Crippen molar-refractivity contribution in [3.05, 3.63) is 0 Å². The van der Waals surface area contributed by atoms with Crippen molar-refractivity contribution in [3.8, 4) is 0 Å². The van der Waals surface area contributed by atoms with Crippen LogP contribution >= 0.6 is 8.18 Å². The van der Waals surface area contributed by atoms with Gasteiger partial charge in [-0.2, -0.15) is 0 Å². The number of hydrogen-bond acceptors (Lipinski definition) is 2. The maximum absolute atomic E-state index is 10.0. The van der Waals surface area contributed by atoms with E-state index in [2.05, 4.69) is 10.4 Å². The van der Waals surface area contributed by atoms with Gasteiger partial charge in [0.15, 0.2) is 0 Å². The van der Waals surface area contributed by atoms with E-state index in [1.807, 2.05) is 6.92 Å². The van der Waals surface area contributed by atoms with Gasteiger partial charge in [-0.25, -0.2) is 5.09 Å². The lowest BCUT2D eigenvalue weighted by Gasteiger charge is -1.99. The van der Waals surface area contributed by atoms with Crippen molar-refractivity contribution in [2.75, 3.05) is 19.6 Å². The zero-order chi connectivity index (χ0) is 7.11. The second-order valence-electron chi connectivity index (χ2n) is 1.59. The largest absolute Gasteiger partial charge is 0.335 e. The molecule has 0 saturated carbocycles. The van der Waals surface area contributed by atoms with Gasteiger partial charge in [0.05, 0.1) is 0 Å². The smallest absolute Gasteiger partial charge is 0.255 e. The van der Waals surface area contributed by atoms with E-state index in [4.69, 9.17) is 4.89 Å². The quantitative estimate of drug-likeness (QED) is 0.369. The molecular weight excluding hydrogens is 139 g/mol. The predicted molar refractivity (Wildman–Crippen MR) is 37.8 cm³/mol. The zero-order valence-corrected chi connectivity index (χ0v) is 6.48. The van der Waals surface area contributed by atoms with Crippen molar-refractivity contribution < 1.29 is 9.46 Å². The van der Waals surface area contributed by atoms with Crippen LogP contribution in [0.15, 0.2) is 0 Å². The molecule has 0 fully saturated rings. The number of hydrogen-bond donors (Lipinski definition) is 3. The number of likely N-dealkylation sites (N-methyl/N-ethyl adjacent to an activating group) is 1. The fourth-order valence-electron chi connectivity index (χ4n) is 0.435. The molecule has 0 saturated heterocycles. The van der Waals surface area contributed by atoms with Gasteiger partial charge in [-0.05, 0) is 6.54 Å². The van der Waals surface area contributed by atoms with E-state index in [1.165, 1.54) is 0 Å². The fraction of sp³-hybridized carbons (Fsp3) is 1.00. The highest BCUT2D eigenvalue weighted by molar-refractivity contribution is 7.35. The molecule has 0 aliphatic heterocycles. The van der Waals surface area contributed by atoms with E-state index >= 15 is 0 Å². The average molecular weight is 152 g/mol. The Kier molecular flexibility index (Phi) is 6.31. The van der Waals surface area contributed by atoms with Crippen molar-refractivity contribution in [1.82, 2.24) is 10.4 Å². The molecule has 0 aliphatic carbocycles. The zero-order valence-electron chi connectivity index (χ0n) is 5.48. The molecule has 1 unspecified atom stereocenters. The minimum atomic E-state index is -2.46. The van der Waals surface area contributed by atoms with Gasteiger partial charge in [0, 0.05) is 13.1 Å². The summed E-state index contributed by atoms with van der Waals surface area (Å²) in [5.74, 6) is 0. The van der Waals surface area contributed by atoms with Crippen molar-refractivity contribution in [3.63, 3.8) is 0 Å². The van der Waals surface area contributed by atoms with Gasteiger partial charge >= 0.3 is 0 Å². The summed E-state index contributed by atoms with van der Waals surface area (Å²) in [6.07, 6.45) is 0. The predicted octanol–water partition coefficient (Wildman–Crippen LogP) is -0.433. The van der Waals surface area contributed by atoms with Gasteiger partial charge < -0.3 is 10.2 Å². The summed E-state index contributed by atoms with van der Waals surface area (Å²) < 4.78 is 10.0. The third-order valence-corrected chi connectivity index (χ3v) is 1.38. The molecule has 5 heteroatoms. The third-order valence-electron chi connectivity index (χ3n) is 0.828. The molecule has 0 spiro atoms. The molecule has 0 heterocycles. The standard InChI is InChI=1S/C4H13N2O2P/c1-2-5-3-4-6-9(7)8/h5,9H,2-4H2,1H3,(H2,6,7,8). The first-order valence-electron chi connectivity index (χ1n) is 2.95.